The molecule has 48 nitrogen and oxygen atoms in total. The number of nitrogens with one attached hydrogen (secondary N) is 13. The van der Waals surface area contributed by atoms with Crippen LogP contribution in [0.2, 0.25) is 0 Å². The van der Waals surface area contributed by atoms with E-state index in [9.17, 15) is 81.8 Å². The molecule has 0 spiro atoms. The van der Waals surface area contributed by atoms with Gasteiger partial charge in [-0.2, -0.15) is 0 Å². The second-order valence-corrected chi connectivity index (χ2v) is 28.6. The maximum atomic E-state index is 13.3. The lowest BCUT2D eigenvalue weighted by molar-refractivity contribution is -0.141. The summed E-state index contributed by atoms with van der Waals surface area (Å²) in [6.45, 7) is 7.71. The molecule has 13 amide bonds. The zero-order valence-electron chi connectivity index (χ0n) is 74.4. The van der Waals surface area contributed by atoms with Crippen molar-refractivity contribution in [3.63, 3.8) is 0 Å². The number of benzene rings is 1. The van der Waals surface area contributed by atoms with E-state index in [0.717, 1.165) is 5.56 Å². The molecule has 0 heterocycles. The zero-order chi connectivity index (χ0) is 95.1. The predicted octanol–water partition coefficient (Wildman–Crippen LogP) is -7.98. The van der Waals surface area contributed by atoms with Gasteiger partial charge in [-0.3, -0.25) is 81.7 Å². The Kier molecular flexibility index (Phi) is 71.4. The minimum absolute atomic E-state index is 0.0164. The van der Waals surface area contributed by atoms with Gasteiger partial charge in [-0.25, -0.2) is 0 Å². The summed E-state index contributed by atoms with van der Waals surface area (Å²) in [4.78, 5) is 203. The van der Waals surface area contributed by atoms with E-state index in [1.54, 1.807) is 0 Å². The number of carbonyl (C=O) groups is 16. The van der Waals surface area contributed by atoms with Crippen LogP contribution < -0.4 is 97.8 Å². The number of amides is 13. The molecule has 24 N–H and O–H groups in total. The first-order valence-corrected chi connectivity index (χ1v) is 43.2. The van der Waals surface area contributed by atoms with Crippen molar-refractivity contribution in [2.24, 2.45) is 33.7 Å². The van der Waals surface area contributed by atoms with Crippen LogP contribution in [0.4, 0.5) is 0 Å². The fourth-order valence-electron chi connectivity index (χ4n) is 10.7. The second kappa shape index (κ2) is 78.8. The molecule has 1 rings (SSSR count). The van der Waals surface area contributed by atoms with Gasteiger partial charge in [-0.1, -0.05) is 30.3 Å². The number of rotatable bonds is 85. The lowest BCUT2D eigenvalue weighted by atomic mass is 10.0. The summed E-state index contributed by atoms with van der Waals surface area (Å²) in [5, 5.41) is 41.9. The largest absolute Gasteiger partial charge is 0.481 e. The normalized spacial score (nSPS) is 12.4. The molecule has 1 aromatic rings. The minimum atomic E-state index is -1.55. The van der Waals surface area contributed by atoms with Crippen LogP contribution in [0.3, 0.4) is 0 Å². The van der Waals surface area contributed by atoms with E-state index in [-0.39, 0.29) is 245 Å². The topological polar surface area (TPSA) is 703 Å². The van der Waals surface area contributed by atoms with E-state index < -0.39 is 146 Å². The van der Waals surface area contributed by atoms with Gasteiger partial charge in [0.2, 0.25) is 76.8 Å². The Hall–Kier alpha value is -10.2. The first-order chi connectivity index (χ1) is 62.1. The highest BCUT2D eigenvalue weighted by Crippen LogP contribution is 2.08. The van der Waals surface area contributed by atoms with Crippen molar-refractivity contribution in [2.75, 3.05) is 231 Å². The van der Waals surface area contributed by atoms with Crippen molar-refractivity contribution in [1.29, 1.82) is 0 Å². The number of nitrogens with zero attached hydrogens (tertiary/aromatic N) is 1. The number of carbonyl (C=O) groups excluding carboxylic acids is 15. The van der Waals surface area contributed by atoms with Gasteiger partial charge in [-0.15, -0.1) is 0 Å². The summed E-state index contributed by atoms with van der Waals surface area (Å²) in [6, 6.07) is 2.59. The molecule has 0 bridgehead atoms. The molecule has 129 heavy (non-hydrogen) atoms. The third-order valence-electron chi connectivity index (χ3n) is 17.6. The van der Waals surface area contributed by atoms with E-state index in [4.69, 9.17) is 85.5 Å². The quantitative estimate of drug-likeness (QED) is 0.0164. The molecule has 0 aliphatic rings. The average Bonchev–Trinajstić information content (AvgIpc) is 0.896. The fraction of sp³-hybridized carbons (Fsp3) is 0.716. The van der Waals surface area contributed by atoms with Gasteiger partial charge in [0, 0.05) is 65.0 Å². The SMILES string of the molecule is CC(=O)CNC(=O)[C@H](CC(=O)O)NC(=O)CNC(=O)[C@H](CCCN=C(N)N)NC(=O)[C@@H](N)CCCCNC(=O)CCOCCOCCOCCOCCNC(=O)C(CCC(=O)NCCOCCOCCOCCOCCC(=O)NCCCC[C@H](N)C(=O)NCC(=O)NCC(=O)NCC(=O)N[C@H](Cc1ccccc1)C(C)=O)NC(=O)CCOCCOCCOCCOCCN. The van der Waals surface area contributed by atoms with Crippen molar-refractivity contribution in [2.45, 2.75) is 146 Å². The Morgan fingerprint density at radius 2 is 0.698 bits per heavy atom. The molecular formula is C81H141N19O29. The van der Waals surface area contributed by atoms with Gasteiger partial charge < -0.3 is 160 Å². The van der Waals surface area contributed by atoms with Crippen LogP contribution in [0.1, 0.15) is 109 Å². The Bertz CT molecular complexity index is 3410. The number of ether oxygens (including phenoxy) is 12. The first-order valence-electron chi connectivity index (χ1n) is 43.2. The summed E-state index contributed by atoms with van der Waals surface area (Å²) >= 11 is 0. The molecule has 48 heteroatoms. The number of carboxylic acid groups (broad SMARTS) is 1. The number of ketones is 2. The highest BCUT2D eigenvalue weighted by Gasteiger charge is 2.28. The van der Waals surface area contributed by atoms with E-state index in [1.807, 2.05) is 30.3 Å². The summed E-state index contributed by atoms with van der Waals surface area (Å²) in [6.07, 6.45) is 2.20. The van der Waals surface area contributed by atoms with Crippen LogP contribution in [-0.2, 0) is 140 Å². The minimum Gasteiger partial charge on any atom is -0.481 e. The molecule has 0 fully saturated rings. The maximum Gasteiger partial charge on any atom is 0.305 e. The molecule has 0 aliphatic carbocycles. The number of aliphatic carboxylic acids is 1. The molecule has 0 aliphatic heterocycles. The van der Waals surface area contributed by atoms with Gasteiger partial charge in [0.1, 0.15) is 23.9 Å². The van der Waals surface area contributed by atoms with E-state index >= 15 is 0 Å². The molecule has 0 saturated carbocycles. The van der Waals surface area contributed by atoms with Crippen molar-refractivity contribution in [3.8, 4) is 0 Å². The van der Waals surface area contributed by atoms with Crippen LogP contribution in [0.15, 0.2) is 35.3 Å². The van der Waals surface area contributed by atoms with Crippen molar-refractivity contribution < 1.29 is 139 Å². The third kappa shape index (κ3) is 70.4. The lowest BCUT2D eigenvalue weighted by Gasteiger charge is -2.21. The molecule has 734 valence electrons. The maximum absolute atomic E-state index is 13.3. The van der Waals surface area contributed by atoms with Crippen LogP contribution in [0.25, 0.3) is 0 Å². The molecule has 0 radical (unpaired) electrons. The Morgan fingerprint density at radius 3 is 1.16 bits per heavy atom. The molecule has 0 saturated heterocycles. The van der Waals surface area contributed by atoms with Gasteiger partial charge in [0.15, 0.2) is 11.7 Å². The summed E-state index contributed by atoms with van der Waals surface area (Å²) < 4.78 is 66.0. The summed E-state index contributed by atoms with van der Waals surface area (Å²) in [5.74, 6) is -9.87. The number of hydrogen-bond donors (Lipinski definition) is 19. The van der Waals surface area contributed by atoms with Gasteiger partial charge in [0.25, 0.3) is 0 Å². The Morgan fingerprint density at radius 1 is 0.333 bits per heavy atom. The Labute approximate surface area is 751 Å². The van der Waals surface area contributed by atoms with Gasteiger partial charge in [0.05, 0.1) is 216 Å². The lowest BCUT2D eigenvalue weighted by Crippen LogP contribution is -2.54. The number of nitrogens with two attached hydrogens (primary N) is 5. The molecule has 1 aromatic carbocycles. The number of aliphatic imine (C=N–C) groups is 1. The van der Waals surface area contributed by atoms with Crippen LogP contribution in [-0.4, -0.2) is 372 Å². The van der Waals surface area contributed by atoms with Gasteiger partial charge in [-0.05, 0) is 83.6 Å². The standard InChI is InChI=1S/C81H141N19O29/c1-58(101)53-94-80(117)66(52-75(111)112)99-74(110)57-96-79(116)63(15-10-24-91-81(85)86)100-77(114)62(84)14-7-9-23-88-69(105)19-28-119-34-40-125-47-50-129-44-38-123-32-26-90-78(115)64(97-70(106)20-29-120-35-41-126-45-48-127-42-36-121-30-21-82)16-17-67(103)89-25-31-122-37-43-128-49-46-124-39-33-118-27-18-68(104)87-22-8-6-13-61(83)76(113)95-55-72(108)92-54-71(107)93-56-73(109)98-65(59(2)102)51-60-11-4-3-5-12-60/h3-5,11-12,61-66H,6-10,13-57,82-84H2,1-2H3,(H,87,104)(H,88,105)(H,89,103)(H,90,115)(H,92,108)(H,93,107)(H,94,117)(H,95,113)(H,96,116)(H,97,106)(H,98,109)(H,99,110)(H,100,114)(H,111,112)(H4,85,86,91)/t61-,62-,63-,64?,65+,66-/m0/s1. The van der Waals surface area contributed by atoms with Crippen molar-refractivity contribution in [3.05, 3.63) is 35.9 Å². The highest BCUT2D eigenvalue weighted by atomic mass is 16.6. The van der Waals surface area contributed by atoms with Crippen LogP contribution >= 0.6 is 0 Å². The summed E-state index contributed by atoms with van der Waals surface area (Å²) in [5.41, 5.74) is 29.1. The van der Waals surface area contributed by atoms with Crippen molar-refractivity contribution in [1.82, 2.24) is 69.1 Å². The van der Waals surface area contributed by atoms with E-state index in [2.05, 4.69) is 74.1 Å². The average molecular weight is 1850 g/mol. The molecule has 0 aromatic heterocycles. The van der Waals surface area contributed by atoms with E-state index in [1.165, 1.54) is 13.8 Å². The monoisotopic (exact) mass is 1840 g/mol. The fourth-order valence-corrected chi connectivity index (χ4v) is 10.7. The number of carboxylic acids is 1. The smallest absolute Gasteiger partial charge is 0.305 e. The van der Waals surface area contributed by atoms with Crippen molar-refractivity contribution >= 4 is 100 Å². The number of hydrogen-bond acceptors (Lipinski definition) is 32. The van der Waals surface area contributed by atoms with E-state index in [0.29, 0.717) is 71.8 Å². The first kappa shape index (κ1) is 117. The number of unbranched alkanes of at least 4 members (excludes halogenated alkanes) is 2. The van der Waals surface area contributed by atoms with Gasteiger partial charge >= 0.3 is 5.97 Å². The second-order valence-electron chi connectivity index (χ2n) is 28.6. The molecular weight excluding hydrogens is 1700 g/mol. The molecule has 1 unspecified atom stereocenters. The third-order valence-corrected chi connectivity index (χ3v) is 17.6. The number of guanidine groups is 1. The summed E-state index contributed by atoms with van der Waals surface area (Å²) in [7, 11) is 0. The molecule has 6 atom stereocenters. The predicted molar refractivity (Wildman–Crippen MR) is 464 cm³/mol. The Balaban J connectivity index is 2.29. The zero-order valence-corrected chi connectivity index (χ0v) is 74.4. The van der Waals surface area contributed by atoms with Crippen LogP contribution in [0, 0.1) is 0 Å². The highest BCUT2D eigenvalue weighted by molar-refractivity contribution is 5.96. The van der Waals surface area contributed by atoms with Crippen LogP contribution in [0.5, 0.6) is 0 Å². The number of Topliss-reactive ketones (excluding diaryl/α,β-unsaturated/α-hetero) is 2.